The van der Waals surface area contributed by atoms with Crippen LogP contribution in [0.2, 0.25) is 0 Å². The molecule has 0 aliphatic heterocycles. The summed E-state index contributed by atoms with van der Waals surface area (Å²) in [5.74, 6) is -0.875. The van der Waals surface area contributed by atoms with Gasteiger partial charge in [-0.2, -0.15) is 0 Å². The first-order valence-electron chi connectivity index (χ1n) is 6.85. The lowest BCUT2D eigenvalue weighted by atomic mass is 10.1. The Morgan fingerprint density at radius 1 is 1.26 bits per heavy atom. The van der Waals surface area contributed by atoms with Gasteiger partial charge in [0.05, 0.1) is 5.56 Å². The lowest BCUT2D eigenvalue weighted by Crippen LogP contribution is -2.18. The van der Waals surface area contributed by atoms with E-state index in [0.29, 0.717) is 12.1 Å². The van der Waals surface area contributed by atoms with Gasteiger partial charge in [-0.05, 0) is 31.0 Å². The number of benzene rings is 1. The van der Waals surface area contributed by atoms with Crippen molar-refractivity contribution in [1.29, 1.82) is 0 Å². The molecular weight excluding hydrogens is 242 g/mol. The normalized spacial score (nSPS) is 10.6. The van der Waals surface area contributed by atoms with Gasteiger partial charge in [0, 0.05) is 19.8 Å². The molecule has 0 aliphatic carbocycles. The summed E-state index contributed by atoms with van der Waals surface area (Å²) in [6, 6.07) is 7.08. The van der Waals surface area contributed by atoms with Crippen molar-refractivity contribution in [2.24, 2.45) is 0 Å². The summed E-state index contributed by atoms with van der Waals surface area (Å²) >= 11 is 0. The zero-order chi connectivity index (χ0) is 13.9. The quantitative estimate of drug-likeness (QED) is 0.639. The summed E-state index contributed by atoms with van der Waals surface area (Å²) < 4.78 is 5.45. The Morgan fingerprint density at radius 2 is 2.00 bits per heavy atom. The predicted octanol–water partition coefficient (Wildman–Crippen LogP) is 2.68. The zero-order valence-electron chi connectivity index (χ0n) is 11.5. The molecule has 2 N–H and O–H groups in total. The first-order valence-corrected chi connectivity index (χ1v) is 6.85. The van der Waals surface area contributed by atoms with Gasteiger partial charge in [-0.3, -0.25) is 0 Å². The largest absolute Gasteiger partial charge is 0.478 e. The van der Waals surface area contributed by atoms with Gasteiger partial charge in [-0.1, -0.05) is 31.5 Å². The lowest BCUT2D eigenvalue weighted by Gasteiger charge is -2.08. The fourth-order valence-corrected chi connectivity index (χ4v) is 1.75. The van der Waals surface area contributed by atoms with Crippen LogP contribution in [0.5, 0.6) is 0 Å². The van der Waals surface area contributed by atoms with Gasteiger partial charge in [0.2, 0.25) is 0 Å². The molecule has 0 bridgehead atoms. The highest BCUT2D eigenvalue weighted by Crippen LogP contribution is 2.08. The van der Waals surface area contributed by atoms with Crippen molar-refractivity contribution in [1.82, 2.24) is 5.32 Å². The Morgan fingerprint density at radius 3 is 2.74 bits per heavy atom. The molecule has 1 rings (SSSR count). The monoisotopic (exact) mass is 265 g/mol. The van der Waals surface area contributed by atoms with Crippen molar-refractivity contribution in [2.45, 2.75) is 32.7 Å². The Balaban J connectivity index is 2.17. The van der Waals surface area contributed by atoms with Crippen LogP contribution in [0.25, 0.3) is 0 Å². The first-order chi connectivity index (χ1) is 9.25. The Hall–Kier alpha value is -1.39. The minimum atomic E-state index is -0.875. The molecule has 0 saturated heterocycles. The fraction of sp³-hybridized carbons (Fsp3) is 0.533. The third-order valence-electron chi connectivity index (χ3n) is 2.85. The van der Waals surface area contributed by atoms with Gasteiger partial charge in [-0.25, -0.2) is 4.79 Å². The van der Waals surface area contributed by atoms with Gasteiger partial charge in [0.1, 0.15) is 0 Å². The maximum absolute atomic E-state index is 11.0. The van der Waals surface area contributed by atoms with E-state index in [1.165, 1.54) is 0 Å². The summed E-state index contributed by atoms with van der Waals surface area (Å²) in [7, 11) is 0. The summed E-state index contributed by atoms with van der Waals surface area (Å²) in [6.07, 6.45) is 3.21. The van der Waals surface area contributed by atoms with Crippen molar-refractivity contribution in [3.8, 4) is 0 Å². The second-order valence-corrected chi connectivity index (χ2v) is 4.46. The zero-order valence-corrected chi connectivity index (χ0v) is 11.5. The van der Waals surface area contributed by atoms with Crippen molar-refractivity contribution >= 4 is 5.97 Å². The molecule has 0 unspecified atom stereocenters. The second-order valence-electron chi connectivity index (χ2n) is 4.46. The Bertz CT molecular complexity index is 379. The molecule has 4 nitrogen and oxygen atoms in total. The minimum Gasteiger partial charge on any atom is -0.478 e. The number of nitrogens with one attached hydrogen (secondary N) is 1. The number of unbranched alkanes of at least 4 members (excludes halogenated alkanes) is 1. The van der Waals surface area contributed by atoms with Crippen LogP contribution in [0.4, 0.5) is 0 Å². The van der Waals surface area contributed by atoms with E-state index in [0.717, 1.165) is 44.6 Å². The number of ether oxygens (including phenoxy) is 1. The molecule has 19 heavy (non-hydrogen) atoms. The molecule has 0 atom stereocenters. The second kappa shape index (κ2) is 9.53. The average molecular weight is 265 g/mol. The molecular formula is C15H23NO3. The highest BCUT2D eigenvalue weighted by Gasteiger charge is 2.07. The number of rotatable bonds is 10. The van der Waals surface area contributed by atoms with Crippen molar-refractivity contribution in [3.05, 3.63) is 35.4 Å². The summed E-state index contributed by atoms with van der Waals surface area (Å²) in [6.45, 7) is 5.15. The highest BCUT2D eigenvalue weighted by molar-refractivity contribution is 5.89. The van der Waals surface area contributed by atoms with Crippen molar-refractivity contribution in [3.63, 3.8) is 0 Å². The lowest BCUT2D eigenvalue weighted by molar-refractivity contribution is 0.0695. The molecule has 0 radical (unpaired) electrons. The first kappa shape index (κ1) is 15.7. The van der Waals surface area contributed by atoms with Crippen LogP contribution in [0, 0.1) is 0 Å². The Labute approximate surface area is 114 Å². The van der Waals surface area contributed by atoms with Gasteiger partial charge in [0.15, 0.2) is 0 Å². The highest BCUT2D eigenvalue weighted by atomic mass is 16.5. The number of hydrogen-bond acceptors (Lipinski definition) is 3. The van der Waals surface area contributed by atoms with Crippen molar-refractivity contribution < 1.29 is 14.6 Å². The van der Waals surface area contributed by atoms with Crippen LogP contribution in [0.3, 0.4) is 0 Å². The molecule has 106 valence electrons. The summed E-state index contributed by atoms with van der Waals surface area (Å²) in [5.41, 5.74) is 1.19. The van der Waals surface area contributed by atoms with E-state index in [4.69, 9.17) is 9.84 Å². The van der Waals surface area contributed by atoms with Crippen LogP contribution in [-0.2, 0) is 11.3 Å². The fourth-order valence-electron chi connectivity index (χ4n) is 1.75. The van der Waals surface area contributed by atoms with Crippen LogP contribution in [0.15, 0.2) is 24.3 Å². The summed E-state index contributed by atoms with van der Waals surface area (Å²) in [5, 5.41) is 12.3. The predicted molar refractivity (Wildman–Crippen MR) is 75.5 cm³/mol. The van der Waals surface area contributed by atoms with Gasteiger partial charge in [0.25, 0.3) is 0 Å². The molecule has 0 aromatic heterocycles. The van der Waals surface area contributed by atoms with Crippen LogP contribution >= 0.6 is 0 Å². The number of hydrogen-bond donors (Lipinski definition) is 2. The smallest absolute Gasteiger partial charge is 0.336 e. The molecule has 0 saturated carbocycles. The maximum atomic E-state index is 11.0. The Kier molecular flexibility index (Phi) is 7.86. The number of carbonyl (C=O) groups is 1. The molecule has 0 heterocycles. The molecule has 1 aromatic carbocycles. The minimum absolute atomic E-state index is 0.370. The molecule has 0 amide bonds. The molecule has 0 spiro atoms. The van der Waals surface area contributed by atoms with Crippen LogP contribution in [-0.4, -0.2) is 30.8 Å². The molecule has 4 heteroatoms. The SMILES string of the molecule is CCCCOCCCNCc1ccccc1C(=O)O. The van der Waals surface area contributed by atoms with Gasteiger partial charge >= 0.3 is 5.97 Å². The number of aromatic carboxylic acids is 1. The van der Waals surface area contributed by atoms with E-state index in [2.05, 4.69) is 12.2 Å². The van der Waals surface area contributed by atoms with E-state index in [1.54, 1.807) is 12.1 Å². The third-order valence-corrected chi connectivity index (χ3v) is 2.85. The molecule has 1 aromatic rings. The van der Waals surface area contributed by atoms with E-state index in [-0.39, 0.29) is 0 Å². The van der Waals surface area contributed by atoms with E-state index >= 15 is 0 Å². The van der Waals surface area contributed by atoms with Gasteiger partial charge < -0.3 is 15.2 Å². The number of carboxylic acid groups (broad SMARTS) is 1. The maximum Gasteiger partial charge on any atom is 0.336 e. The third kappa shape index (κ3) is 6.36. The van der Waals surface area contributed by atoms with Crippen molar-refractivity contribution in [2.75, 3.05) is 19.8 Å². The van der Waals surface area contributed by atoms with E-state index < -0.39 is 5.97 Å². The topological polar surface area (TPSA) is 58.6 Å². The molecule has 0 fully saturated rings. The standard InChI is InChI=1S/C15H23NO3/c1-2-3-10-19-11-6-9-16-12-13-7-4-5-8-14(13)15(17)18/h4-5,7-8,16H,2-3,6,9-12H2,1H3,(H,17,18). The van der Waals surface area contributed by atoms with E-state index in [1.807, 2.05) is 12.1 Å². The van der Waals surface area contributed by atoms with Gasteiger partial charge in [-0.15, -0.1) is 0 Å². The number of carboxylic acids is 1. The van der Waals surface area contributed by atoms with Crippen LogP contribution < -0.4 is 5.32 Å². The molecule has 0 aliphatic rings. The van der Waals surface area contributed by atoms with E-state index in [9.17, 15) is 4.79 Å². The van der Waals surface area contributed by atoms with Crippen LogP contribution in [0.1, 0.15) is 42.1 Å². The average Bonchev–Trinajstić information content (AvgIpc) is 2.42. The summed E-state index contributed by atoms with van der Waals surface area (Å²) in [4.78, 5) is 11.0.